The zero-order chi connectivity index (χ0) is 20.0. The van der Waals surface area contributed by atoms with Crippen LogP contribution in [0.5, 0.6) is 0 Å². The fourth-order valence-corrected chi connectivity index (χ4v) is 3.93. The number of para-hydroxylation sites is 1. The lowest BCUT2D eigenvalue weighted by molar-refractivity contribution is -0.115. The molecule has 2 aromatic carbocycles. The van der Waals surface area contributed by atoms with E-state index in [0.717, 1.165) is 46.6 Å². The van der Waals surface area contributed by atoms with E-state index in [9.17, 15) is 9.59 Å². The minimum atomic E-state index is -0.596. The first-order chi connectivity index (χ1) is 14.1. The lowest BCUT2D eigenvalue weighted by Gasteiger charge is -2.13. The number of nitrogens with one attached hydrogen (secondary N) is 2. The van der Waals surface area contributed by atoms with Crippen LogP contribution < -0.4 is 16.4 Å². The fourth-order valence-electron chi connectivity index (χ4n) is 3.93. The van der Waals surface area contributed by atoms with Gasteiger partial charge in [0.25, 0.3) is 5.91 Å². The quantitative estimate of drug-likeness (QED) is 0.602. The Hall–Kier alpha value is -3.48. The molecule has 146 valence electrons. The molecule has 29 heavy (non-hydrogen) atoms. The van der Waals surface area contributed by atoms with Crippen LogP contribution in [0.15, 0.2) is 36.4 Å². The van der Waals surface area contributed by atoms with Gasteiger partial charge >= 0.3 is 0 Å². The third kappa shape index (κ3) is 3.29. The number of hydrogen-bond acceptors (Lipinski definition) is 5. The fraction of sp³-hybridized carbons (Fsp3) is 0.273. The van der Waals surface area contributed by atoms with Crippen molar-refractivity contribution < 1.29 is 9.59 Å². The molecule has 1 aliphatic heterocycles. The number of benzene rings is 2. The molecule has 4 N–H and O–H groups in total. The summed E-state index contributed by atoms with van der Waals surface area (Å²) in [6.45, 7) is 0.770. The molecule has 5 rings (SSSR count). The van der Waals surface area contributed by atoms with Gasteiger partial charge in [0.1, 0.15) is 0 Å². The van der Waals surface area contributed by atoms with Crippen molar-refractivity contribution in [2.75, 3.05) is 17.2 Å². The summed E-state index contributed by atoms with van der Waals surface area (Å²) < 4.78 is 0. The molecule has 3 aromatic rings. The molecule has 7 heteroatoms. The Labute approximate surface area is 167 Å². The van der Waals surface area contributed by atoms with Gasteiger partial charge in [-0.1, -0.05) is 37.1 Å². The zero-order valence-electron chi connectivity index (χ0n) is 15.9. The van der Waals surface area contributed by atoms with Crippen LogP contribution in [0.1, 0.15) is 35.3 Å². The predicted molar refractivity (Wildman–Crippen MR) is 112 cm³/mol. The zero-order valence-corrected chi connectivity index (χ0v) is 15.9. The highest BCUT2D eigenvalue weighted by molar-refractivity contribution is 6.07. The number of rotatable bonds is 6. The van der Waals surface area contributed by atoms with E-state index in [2.05, 4.69) is 20.8 Å². The minimum absolute atomic E-state index is 0.00118. The first-order valence-electron chi connectivity index (χ1n) is 9.86. The molecule has 0 spiro atoms. The molecule has 0 saturated heterocycles. The van der Waals surface area contributed by atoms with Crippen molar-refractivity contribution in [1.82, 2.24) is 10.2 Å². The number of amides is 2. The summed E-state index contributed by atoms with van der Waals surface area (Å²) in [6, 6.07) is 11.7. The van der Waals surface area contributed by atoms with Crippen LogP contribution >= 0.6 is 0 Å². The van der Waals surface area contributed by atoms with Gasteiger partial charge in [0.2, 0.25) is 5.91 Å². The summed E-state index contributed by atoms with van der Waals surface area (Å²) in [5.74, 6) is 0.185. The van der Waals surface area contributed by atoms with Crippen LogP contribution in [-0.4, -0.2) is 28.6 Å². The van der Waals surface area contributed by atoms with E-state index in [4.69, 9.17) is 5.73 Å². The predicted octanol–water partition coefficient (Wildman–Crippen LogP) is 3.10. The molecule has 1 saturated carbocycles. The van der Waals surface area contributed by atoms with E-state index in [1.165, 1.54) is 12.8 Å². The number of carbonyl (C=O) groups excluding carboxylic acids is 2. The van der Waals surface area contributed by atoms with Gasteiger partial charge in [-0.3, -0.25) is 9.59 Å². The Balaban J connectivity index is 1.56. The summed E-state index contributed by atoms with van der Waals surface area (Å²) in [4.78, 5) is 23.7. The normalized spacial score (nSPS) is 15.2. The van der Waals surface area contributed by atoms with Crippen molar-refractivity contribution in [3.05, 3.63) is 47.7 Å². The monoisotopic (exact) mass is 387 g/mol. The lowest BCUT2D eigenvalue weighted by atomic mass is 9.99. The smallest absolute Gasteiger partial charge is 0.271 e. The lowest BCUT2D eigenvalue weighted by Crippen LogP contribution is -2.18. The molecule has 0 radical (unpaired) electrons. The Morgan fingerprint density at radius 2 is 2.07 bits per heavy atom. The molecule has 1 aromatic heterocycles. The summed E-state index contributed by atoms with van der Waals surface area (Å²) >= 11 is 0. The molecule has 1 fully saturated rings. The van der Waals surface area contributed by atoms with Gasteiger partial charge in [0.15, 0.2) is 5.69 Å². The van der Waals surface area contributed by atoms with E-state index in [-0.39, 0.29) is 11.6 Å². The molecule has 2 aliphatic rings. The summed E-state index contributed by atoms with van der Waals surface area (Å²) in [6.07, 6.45) is 4.02. The number of carbonyl (C=O) groups is 2. The number of hydrogen-bond donors (Lipinski definition) is 3. The molecular weight excluding hydrogens is 366 g/mol. The number of nitrogens with zero attached hydrogens (tertiary/aromatic N) is 2. The number of nitrogens with two attached hydrogens (primary N) is 1. The number of anilines is 2. The first-order valence-corrected chi connectivity index (χ1v) is 9.86. The molecule has 0 bridgehead atoms. The van der Waals surface area contributed by atoms with Crippen molar-refractivity contribution in [3.8, 4) is 11.1 Å². The number of primary amides is 1. The van der Waals surface area contributed by atoms with E-state index < -0.39 is 5.91 Å². The topological polar surface area (TPSA) is 110 Å². The van der Waals surface area contributed by atoms with Crippen molar-refractivity contribution in [2.24, 2.45) is 11.7 Å². The van der Waals surface area contributed by atoms with E-state index in [0.29, 0.717) is 17.6 Å². The number of aromatic nitrogens is 2. The second-order valence-corrected chi connectivity index (χ2v) is 7.74. The molecule has 7 nitrogen and oxygen atoms in total. The second kappa shape index (κ2) is 6.84. The van der Waals surface area contributed by atoms with E-state index in [1.807, 2.05) is 36.4 Å². The van der Waals surface area contributed by atoms with Crippen LogP contribution in [-0.2, 0) is 11.2 Å². The molecular formula is C22H21N5O2. The van der Waals surface area contributed by atoms with Crippen LogP contribution in [0.3, 0.4) is 0 Å². The van der Waals surface area contributed by atoms with E-state index >= 15 is 0 Å². The molecule has 2 heterocycles. The number of fused-ring (bicyclic) bond motifs is 2. The summed E-state index contributed by atoms with van der Waals surface area (Å²) in [5.41, 5.74) is 10.7. The van der Waals surface area contributed by atoms with Gasteiger partial charge in [0, 0.05) is 17.5 Å². The maximum Gasteiger partial charge on any atom is 0.271 e. The van der Waals surface area contributed by atoms with Crippen LogP contribution in [0, 0.1) is 5.92 Å². The van der Waals surface area contributed by atoms with Gasteiger partial charge in [-0.05, 0) is 35.6 Å². The highest BCUT2D eigenvalue weighted by atomic mass is 16.2. The van der Waals surface area contributed by atoms with Gasteiger partial charge in [-0.15, -0.1) is 10.2 Å². The van der Waals surface area contributed by atoms with Gasteiger partial charge in [0.05, 0.1) is 23.3 Å². The third-order valence-corrected chi connectivity index (χ3v) is 5.62. The highest BCUT2D eigenvalue weighted by Crippen LogP contribution is 2.37. The maximum atomic E-state index is 11.9. The van der Waals surface area contributed by atoms with Crippen molar-refractivity contribution >= 4 is 34.1 Å². The van der Waals surface area contributed by atoms with Gasteiger partial charge in [-0.2, -0.15) is 0 Å². The Kier molecular flexibility index (Phi) is 4.16. The molecule has 1 aliphatic carbocycles. The average Bonchev–Trinajstić information content (AvgIpc) is 3.45. The minimum Gasteiger partial charge on any atom is -0.383 e. The SMILES string of the molecule is NC(=O)c1nnc2cc(-c3cccc4c3NC(=O)C4)ccc2c1NCCC1CC1. The van der Waals surface area contributed by atoms with Gasteiger partial charge < -0.3 is 16.4 Å². The Bertz CT molecular complexity index is 1150. The van der Waals surface area contributed by atoms with Crippen LogP contribution in [0.4, 0.5) is 11.4 Å². The van der Waals surface area contributed by atoms with Gasteiger partial charge in [-0.25, -0.2) is 0 Å². The van der Waals surface area contributed by atoms with Crippen LogP contribution in [0.2, 0.25) is 0 Å². The largest absolute Gasteiger partial charge is 0.383 e. The standard InChI is InChI=1S/C22H21N5O2/c23-22(29)21-20(24-9-8-12-4-5-12)16-7-6-13(10-17(16)26-27-21)15-3-1-2-14-11-18(28)25-19(14)15/h1-3,6-7,10,12H,4-5,8-9,11H2,(H2,23,29)(H,24,26)(H,25,28). The summed E-state index contributed by atoms with van der Waals surface area (Å²) in [5, 5.41) is 15.4. The maximum absolute atomic E-state index is 11.9. The third-order valence-electron chi connectivity index (χ3n) is 5.62. The second-order valence-electron chi connectivity index (χ2n) is 7.74. The highest BCUT2D eigenvalue weighted by Gasteiger charge is 2.23. The van der Waals surface area contributed by atoms with Crippen molar-refractivity contribution in [2.45, 2.75) is 25.7 Å². The molecule has 0 unspecified atom stereocenters. The first kappa shape index (κ1) is 17.6. The van der Waals surface area contributed by atoms with E-state index in [1.54, 1.807) is 0 Å². The van der Waals surface area contributed by atoms with Crippen LogP contribution in [0.25, 0.3) is 22.0 Å². The molecule has 2 amide bonds. The Morgan fingerprint density at radius 3 is 2.86 bits per heavy atom. The van der Waals surface area contributed by atoms with Crippen molar-refractivity contribution in [3.63, 3.8) is 0 Å². The Morgan fingerprint density at radius 1 is 1.21 bits per heavy atom. The molecule has 0 atom stereocenters. The average molecular weight is 387 g/mol. The summed E-state index contributed by atoms with van der Waals surface area (Å²) in [7, 11) is 0. The van der Waals surface area contributed by atoms with Crippen molar-refractivity contribution in [1.29, 1.82) is 0 Å².